The zero-order chi connectivity index (χ0) is 16.9. The minimum atomic E-state index is -0.957. The quantitative estimate of drug-likeness (QED) is 0.781. The molecule has 1 saturated heterocycles. The van der Waals surface area contributed by atoms with Gasteiger partial charge in [-0.05, 0) is 67.1 Å². The van der Waals surface area contributed by atoms with Crippen molar-refractivity contribution >= 4 is 5.97 Å². The first kappa shape index (κ1) is 16.5. The third-order valence-electron chi connectivity index (χ3n) is 4.64. The van der Waals surface area contributed by atoms with Crippen LogP contribution in [-0.4, -0.2) is 28.8 Å². The molecule has 0 spiro atoms. The minimum Gasteiger partial charge on any atom is -0.508 e. The summed E-state index contributed by atoms with van der Waals surface area (Å²) >= 11 is 0. The zero-order valence-corrected chi connectivity index (χ0v) is 13.7. The SMILES string of the molecule is O=C(O)c1ccccc1-c1cc(O)cc(CC[C@@H]2CCCCN2)c1. The Bertz CT molecular complexity index is 721. The number of carboxylic acids is 1. The molecule has 0 bridgehead atoms. The lowest BCUT2D eigenvalue weighted by Gasteiger charge is -2.23. The van der Waals surface area contributed by atoms with E-state index in [1.54, 1.807) is 30.3 Å². The number of aromatic carboxylic acids is 1. The summed E-state index contributed by atoms with van der Waals surface area (Å²) in [7, 11) is 0. The number of carboxylic acid groups (broad SMARTS) is 1. The van der Waals surface area contributed by atoms with Gasteiger partial charge in [0.1, 0.15) is 5.75 Å². The number of benzene rings is 2. The highest BCUT2D eigenvalue weighted by molar-refractivity contribution is 5.96. The Morgan fingerprint density at radius 2 is 2.00 bits per heavy atom. The molecule has 1 fully saturated rings. The third kappa shape index (κ3) is 3.95. The number of nitrogens with one attached hydrogen (secondary N) is 1. The fourth-order valence-electron chi connectivity index (χ4n) is 3.41. The van der Waals surface area contributed by atoms with Gasteiger partial charge in [-0.1, -0.05) is 30.7 Å². The van der Waals surface area contributed by atoms with Crippen molar-refractivity contribution in [1.82, 2.24) is 5.32 Å². The van der Waals surface area contributed by atoms with Crippen LogP contribution in [0.5, 0.6) is 5.75 Å². The van der Waals surface area contributed by atoms with Crippen molar-refractivity contribution in [2.75, 3.05) is 6.54 Å². The maximum Gasteiger partial charge on any atom is 0.336 e. The molecule has 3 rings (SSSR count). The Morgan fingerprint density at radius 3 is 2.75 bits per heavy atom. The maximum atomic E-state index is 11.4. The molecule has 0 radical (unpaired) electrons. The van der Waals surface area contributed by atoms with Crippen LogP contribution in [0.15, 0.2) is 42.5 Å². The van der Waals surface area contributed by atoms with Crippen LogP contribution in [0, 0.1) is 0 Å². The Kier molecular flexibility index (Phi) is 5.16. The summed E-state index contributed by atoms with van der Waals surface area (Å²) < 4.78 is 0. The Morgan fingerprint density at radius 1 is 1.17 bits per heavy atom. The van der Waals surface area contributed by atoms with Crippen LogP contribution in [0.25, 0.3) is 11.1 Å². The highest BCUT2D eigenvalue weighted by Gasteiger charge is 2.14. The molecule has 3 N–H and O–H groups in total. The molecule has 2 aromatic carbocycles. The molecule has 0 aromatic heterocycles. The van der Waals surface area contributed by atoms with Gasteiger partial charge in [-0.15, -0.1) is 0 Å². The molecule has 1 heterocycles. The average Bonchev–Trinajstić information content (AvgIpc) is 2.60. The molecule has 0 aliphatic carbocycles. The van der Waals surface area contributed by atoms with Gasteiger partial charge in [0.15, 0.2) is 0 Å². The lowest BCUT2D eigenvalue weighted by Crippen LogP contribution is -2.34. The summed E-state index contributed by atoms with van der Waals surface area (Å²) in [6.45, 7) is 1.09. The largest absolute Gasteiger partial charge is 0.508 e. The molecule has 126 valence electrons. The second-order valence-corrected chi connectivity index (χ2v) is 6.42. The van der Waals surface area contributed by atoms with Gasteiger partial charge in [0.2, 0.25) is 0 Å². The number of phenolic OH excluding ortho intramolecular Hbond substituents is 1. The van der Waals surface area contributed by atoms with E-state index in [4.69, 9.17) is 0 Å². The van der Waals surface area contributed by atoms with Crippen molar-refractivity contribution in [3.63, 3.8) is 0 Å². The van der Waals surface area contributed by atoms with Crippen molar-refractivity contribution < 1.29 is 15.0 Å². The maximum absolute atomic E-state index is 11.4. The Balaban J connectivity index is 1.82. The van der Waals surface area contributed by atoms with Crippen LogP contribution in [0.4, 0.5) is 0 Å². The van der Waals surface area contributed by atoms with E-state index in [-0.39, 0.29) is 11.3 Å². The predicted molar refractivity (Wildman–Crippen MR) is 94.5 cm³/mol. The number of rotatable bonds is 5. The molecule has 4 nitrogen and oxygen atoms in total. The van der Waals surface area contributed by atoms with Gasteiger partial charge in [-0.3, -0.25) is 0 Å². The van der Waals surface area contributed by atoms with Crippen LogP contribution in [0.3, 0.4) is 0 Å². The number of piperidine rings is 1. The second-order valence-electron chi connectivity index (χ2n) is 6.42. The highest BCUT2D eigenvalue weighted by atomic mass is 16.4. The van der Waals surface area contributed by atoms with Crippen molar-refractivity contribution in [2.24, 2.45) is 0 Å². The average molecular weight is 325 g/mol. The summed E-state index contributed by atoms with van der Waals surface area (Å²) in [5.41, 5.74) is 2.68. The molecule has 0 amide bonds. The first-order valence-corrected chi connectivity index (χ1v) is 8.52. The second kappa shape index (κ2) is 7.49. The van der Waals surface area contributed by atoms with E-state index < -0.39 is 5.97 Å². The predicted octanol–water partition coefficient (Wildman–Crippen LogP) is 3.83. The first-order chi connectivity index (χ1) is 11.6. The molecule has 1 aliphatic rings. The van der Waals surface area contributed by atoms with Crippen LogP contribution < -0.4 is 5.32 Å². The fourth-order valence-corrected chi connectivity index (χ4v) is 3.41. The summed E-state index contributed by atoms with van der Waals surface area (Å²) in [5.74, 6) is -0.777. The Hall–Kier alpha value is -2.33. The van der Waals surface area contributed by atoms with Crippen LogP contribution in [0.1, 0.15) is 41.6 Å². The normalized spacial score (nSPS) is 17.6. The zero-order valence-electron chi connectivity index (χ0n) is 13.7. The smallest absolute Gasteiger partial charge is 0.336 e. The molecule has 0 unspecified atom stereocenters. The van der Waals surface area contributed by atoms with Gasteiger partial charge in [0.05, 0.1) is 5.56 Å². The number of hydrogen-bond acceptors (Lipinski definition) is 3. The molecule has 0 saturated carbocycles. The highest BCUT2D eigenvalue weighted by Crippen LogP contribution is 2.29. The van der Waals surface area contributed by atoms with Gasteiger partial charge in [0.25, 0.3) is 0 Å². The number of aromatic hydroxyl groups is 1. The van der Waals surface area contributed by atoms with E-state index in [0.29, 0.717) is 11.6 Å². The van der Waals surface area contributed by atoms with E-state index in [0.717, 1.165) is 30.5 Å². The molecule has 1 atom stereocenters. The number of carbonyl (C=O) groups is 1. The standard InChI is InChI=1S/C20H23NO3/c22-17-12-14(8-9-16-5-3-4-10-21-16)11-15(13-17)18-6-1-2-7-19(18)20(23)24/h1-2,6-7,11-13,16,21-22H,3-5,8-10H2,(H,23,24)/t16-/m0/s1. The minimum absolute atomic E-state index is 0.180. The molecule has 2 aromatic rings. The number of aryl methyl sites for hydroxylation is 1. The molecule has 1 aliphatic heterocycles. The number of hydrogen-bond donors (Lipinski definition) is 3. The van der Waals surface area contributed by atoms with Gasteiger partial charge >= 0.3 is 5.97 Å². The van der Waals surface area contributed by atoms with Crippen molar-refractivity contribution in [3.05, 3.63) is 53.6 Å². The molecule has 4 heteroatoms. The van der Waals surface area contributed by atoms with Crippen LogP contribution in [0.2, 0.25) is 0 Å². The lowest BCUT2D eigenvalue weighted by atomic mass is 9.94. The molecular formula is C20H23NO3. The van der Waals surface area contributed by atoms with Crippen LogP contribution in [-0.2, 0) is 6.42 Å². The third-order valence-corrected chi connectivity index (χ3v) is 4.64. The lowest BCUT2D eigenvalue weighted by molar-refractivity contribution is 0.0697. The van der Waals surface area contributed by atoms with Crippen molar-refractivity contribution in [1.29, 1.82) is 0 Å². The van der Waals surface area contributed by atoms with Gasteiger partial charge in [-0.2, -0.15) is 0 Å². The van der Waals surface area contributed by atoms with E-state index in [9.17, 15) is 15.0 Å². The van der Waals surface area contributed by atoms with E-state index in [1.807, 2.05) is 12.1 Å². The summed E-state index contributed by atoms with van der Waals surface area (Å²) in [4.78, 5) is 11.4. The topological polar surface area (TPSA) is 69.6 Å². The van der Waals surface area contributed by atoms with E-state index in [1.165, 1.54) is 19.3 Å². The summed E-state index contributed by atoms with van der Waals surface area (Å²) in [6.07, 6.45) is 5.62. The fraction of sp³-hybridized carbons (Fsp3) is 0.350. The van der Waals surface area contributed by atoms with Crippen molar-refractivity contribution in [3.8, 4) is 16.9 Å². The molecule has 24 heavy (non-hydrogen) atoms. The van der Waals surface area contributed by atoms with Gasteiger partial charge in [-0.25, -0.2) is 4.79 Å². The van der Waals surface area contributed by atoms with Gasteiger partial charge < -0.3 is 15.5 Å². The van der Waals surface area contributed by atoms with Gasteiger partial charge in [0, 0.05) is 6.04 Å². The monoisotopic (exact) mass is 325 g/mol. The summed E-state index contributed by atoms with van der Waals surface area (Å²) in [6, 6.07) is 12.8. The van der Waals surface area contributed by atoms with E-state index in [2.05, 4.69) is 5.32 Å². The van der Waals surface area contributed by atoms with Crippen molar-refractivity contribution in [2.45, 2.75) is 38.1 Å². The van der Waals surface area contributed by atoms with E-state index >= 15 is 0 Å². The number of phenols is 1. The molecular weight excluding hydrogens is 302 g/mol. The Labute approximate surface area is 142 Å². The first-order valence-electron chi connectivity index (χ1n) is 8.52. The van der Waals surface area contributed by atoms with Crippen LogP contribution >= 0.6 is 0 Å². The summed E-state index contributed by atoms with van der Waals surface area (Å²) in [5, 5.41) is 23.0.